The number of nitrogens with zero attached hydrogens (tertiary/aromatic N) is 2. The molecule has 1 aliphatic heterocycles. The van der Waals surface area contributed by atoms with Crippen LogP contribution < -0.4 is 15.4 Å². The van der Waals surface area contributed by atoms with Gasteiger partial charge in [0.25, 0.3) is 0 Å². The van der Waals surface area contributed by atoms with Gasteiger partial charge in [0, 0.05) is 5.56 Å². The largest absolute Gasteiger partial charge is 0.488 e. The lowest BCUT2D eigenvalue weighted by Gasteiger charge is -2.17. The van der Waals surface area contributed by atoms with Crippen molar-refractivity contribution in [1.29, 1.82) is 0 Å². The highest BCUT2D eigenvalue weighted by Crippen LogP contribution is 2.36. The third-order valence-corrected chi connectivity index (χ3v) is 3.52. The zero-order valence-corrected chi connectivity index (χ0v) is 12.5. The lowest BCUT2D eigenvalue weighted by atomic mass is 10.1. The molecule has 2 unspecified atom stereocenters. The molecule has 2 atom stereocenters. The number of hydrogen-bond acceptors (Lipinski definition) is 4. The summed E-state index contributed by atoms with van der Waals surface area (Å²) in [5, 5.41) is 11.5. The van der Waals surface area contributed by atoms with Crippen molar-refractivity contribution in [3.05, 3.63) is 47.7 Å². The van der Waals surface area contributed by atoms with Crippen molar-refractivity contribution >= 4 is 11.8 Å². The van der Waals surface area contributed by atoms with Crippen LogP contribution in [0, 0.1) is 0 Å². The molecule has 2 amide bonds. The van der Waals surface area contributed by atoms with Crippen molar-refractivity contribution in [2.24, 2.45) is 0 Å². The fourth-order valence-corrected chi connectivity index (χ4v) is 2.40. The van der Waals surface area contributed by atoms with Crippen molar-refractivity contribution in [1.82, 2.24) is 15.5 Å². The van der Waals surface area contributed by atoms with E-state index in [2.05, 4.69) is 20.8 Å². The number of rotatable bonds is 2. The zero-order valence-electron chi connectivity index (χ0n) is 12.5. The molecule has 6 nitrogen and oxygen atoms in total. The van der Waals surface area contributed by atoms with E-state index in [4.69, 9.17) is 4.74 Å². The SMILES string of the molecule is CC1Oc2ccccc2C1NC(=O)Nc1ccc(C(F)(F)F)nn1. The Hall–Kier alpha value is -2.84. The molecule has 0 aliphatic carbocycles. The maximum atomic E-state index is 12.4. The maximum Gasteiger partial charge on any atom is 0.435 e. The molecular formula is C15H13F3N4O2. The van der Waals surface area contributed by atoms with Gasteiger partial charge in [-0.25, -0.2) is 4.79 Å². The van der Waals surface area contributed by atoms with Crippen molar-refractivity contribution in [2.75, 3.05) is 5.32 Å². The lowest BCUT2D eigenvalue weighted by molar-refractivity contribution is -0.141. The van der Waals surface area contributed by atoms with Crippen LogP contribution in [0.4, 0.5) is 23.8 Å². The number of halogens is 3. The van der Waals surface area contributed by atoms with E-state index in [1.54, 1.807) is 6.07 Å². The maximum absolute atomic E-state index is 12.4. The van der Waals surface area contributed by atoms with Crippen molar-refractivity contribution < 1.29 is 22.7 Å². The Labute approximate surface area is 135 Å². The Morgan fingerprint density at radius 2 is 1.92 bits per heavy atom. The molecule has 1 aliphatic rings. The average molecular weight is 338 g/mol. The van der Waals surface area contributed by atoms with Gasteiger partial charge in [-0.05, 0) is 25.1 Å². The smallest absolute Gasteiger partial charge is 0.435 e. The van der Waals surface area contributed by atoms with Crippen molar-refractivity contribution in [3.63, 3.8) is 0 Å². The highest BCUT2D eigenvalue weighted by molar-refractivity contribution is 5.88. The molecule has 0 spiro atoms. The predicted octanol–water partition coefficient (Wildman–Crippen LogP) is 3.14. The Bertz CT molecular complexity index is 749. The number of amides is 2. The lowest BCUT2D eigenvalue weighted by Crippen LogP contribution is -2.37. The molecule has 24 heavy (non-hydrogen) atoms. The number of aromatic nitrogens is 2. The average Bonchev–Trinajstić information content (AvgIpc) is 2.83. The summed E-state index contributed by atoms with van der Waals surface area (Å²) in [6, 6.07) is 8.09. The molecular weight excluding hydrogens is 325 g/mol. The van der Waals surface area contributed by atoms with Gasteiger partial charge < -0.3 is 10.1 Å². The van der Waals surface area contributed by atoms with Gasteiger partial charge in [0.2, 0.25) is 0 Å². The van der Waals surface area contributed by atoms with Crippen molar-refractivity contribution in [3.8, 4) is 5.75 Å². The van der Waals surface area contributed by atoms with E-state index in [0.717, 1.165) is 17.7 Å². The predicted molar refractivity (Wildman–Crippen MR) is 78.5 cm³/mol. The molecule has 2 aromatic rings. The second-order valence-electron chi connectivity index (χ2n) is 5.24. The number of carbonyl (C=O) groups excluding carboxylic acids is 1. The van der Waals surface area contributed by atoms with Gasteiger partial charge >= 0.3 is 12.2 Å². The molecule has 0 radical (unpaired) electrons. The van der Waals surface area contributed by atoms with E-state index in [-0.39, 0.29) is 18.0 Å². The van der Waals surface area contributed by atoms with E-state index in [1.165, 1.54) is 0 Å². The number of benzene rings is 1. The number of nitrogens with one attached hydrogen (secondary N) is 2. The van der Waals surface area contributed by atoms with E-state index in [9.17, 15) is 18.0 Å². The molecule has 0 saturated heterocycles. The number of anilines is 1. The van der Waals surface area contributed by atoms with Crippen LogP contribution in [0.25, 0.3) is 0 Å². The number of para-hydroxylation sites is 1. The van der Waals surface area contributed by atoms with Crippen molar-refractivity contribution in [2.45, 2.75) is 25.2 Å². The molecule has 1 aromatic heterocycles. The summed E-state index contributed by atoms with van der Waals surface area (Å²) in [5.74, 6) is 0.602. The summed E-state index contributed by atoms with van der Waals surface area (Å²) in [4.78, 5) is 12.0. The Morgan fingerprint density at radius 3 is 2.58 bits per heavy atom. The highest BCUT2D eigenvalue weighted by atomic mass is 19.4. The molecule has 2 N–H and O–H groups in total. The third-order valence-electron chi connectivity index (χ3n) is 3.52. The second kappa shape index (κ2) is 5.99. The van der Waals surface area contributed by atoms with E-state index >= 15 is 0 Å². The zero-order chi connectivity index (χ0) is 17.3. The van der Waals surface area contributed by atoms with Crippen LogP contribution in [0.3, 0.4) is 0 Å². The van der Waals surface area contributed by atoms with Crippen LogP contribution >= 0.6 is 0 Å². The Morgan fingerprint density at radius 1 is 1.17 bits per heavy atom. The number of carbonyl (C=O) groups is 1. The van der Waals surface area contributed by atoms with Gasteiger partial charge in [-0.3, -0.25) is 5.32 Å². The highest BCUT2D eigenvalue weighted by Gasteiger charge is 2.33. The third kappa shape index (κ3) is 3.24. The van der Waals surface area contributed by atoms with Gasteiger partial charge in [-0.1, -0.05) is 18.2 Å². The Balaban J connectivity index is 1.66. The number of alkyl halides is 3. The standard InChI is InChI=1S/C15H13F3N4O2/c1-8-13(9-4-2-3-5-10(9)24-8)20-14(23)19-12-7-6-11(21-22-12)15(16,17)18/h2-8,13H,1H3,(H2,19,20,22,23). The number of ether oxygens (including phenoxy) is 1. The van der Waals surface area contributed by atoms with E-state index in [0.29, 0.717) is 5.75 Å². The molecule has 0 fully saturated rings. The van der Waals surface area contributed by atoms with Gasteiger partial charge in [-0.15, -0.1) is 10.2 Å². The summed E-state index contributed by atoms with van der Waals surface area (Å²) < 4.78 is 42.9. The van der Waals surface area contributed by atoms with Gasteiger partial charge in [-0.2, -0.15) is 13.2 Å². The van der Waals surface area contributed by atoms with Crippen LogP contribution in [0.2, 0.25) is 0 Å². The number of urea groups is 1. The van der Waals surface area contributed by atoms with Gasteiger partial charge in [0.15, 0.2) is 11.5 Å². The first-order chi connectivity index (χ1) is 11.3. The first kappa shape index (κ1) is 16.0. The number of fused-ring (bicyclic) bond motifs is 1. The van der Waals surface area contributed by atoms with Crippen LogP contribution in [-0.4, -0.2) is 22.3 Å². The summed E-state index contributed by atoms with van der Waals surface area (Å²) in [5.41, 5.74) is -0.293. The summed E-state index contributed by atoms with van der Waals surface area (Å²) in [6.45, 7) is 1.81. The van der Waals surface area contributed by atoms with Gasteiger partial charge in [0.05, 0.1) is 6.04 Å². The second-order valence-corrected chi connectivity index (χ2v) is 5.24. The molecule has 0 saturated carbocycles. The quantitative estimate of drug-likeness (QED) is 0.882. The first-order valence-electron chi connectivity index (χ1n) is 7.08. The minimum atomic E-state index is -4.58. The molecule has 3 rings (SSSR count). The van der Waals surface area contributed by atoms with Crippen LogP contribution in [0.15, 0.2) is 36.4 Å². The first-order valence-corrected chi connectivity index (χ1v) is 7.08. The fraction of sp³-hybridized carbons (Fsp3) is 0.267. The van der Waals surface area contributed by atoms with E-state index < -0.39 is 17.9 Å². The van der Waals surface area contributed by atoms with Crippen LogP contribution in [0.5, 0.6) is 5.75 Å². The molecule has 126 valence electrons. The number of hydrogen-bond donors (Lipinski definition) is 2. The summed E-state index contributed by atoms with van der Waals surface area (Å²) in [6.07, 6.45) is -4.85. The minimum Gasteiger partial charge on any atom is -0.488 e. The fourth-order valence-electron chi connectivity index (χ4n) is 2.40. The summed E-state index contributed by atoms with van der Waals surface area (Å²) in [7, 11) is 0. The molecule has 0 bridgehead atoms. The normalized spacial score (nSPS) is 19.3. The van der Waals surface area contributed by atoms with Crippen LogP contribution in [-0.2, 0) is 6.18 Å². The molecule has 2 heterocycles. The van der Waals surface area contributed by atoms with Gasteiger partial charge in [0.1, 0.15) is 11.9 Å². The topological polar surface area (TPSA) is 76.1 Å². The summed E-state index contributed by atoms with van der Waals surface area (Å²) >= 11 is 0. The molecule has 1 aromatic carbocycles. The van der Waals surface area contributed by atoms with Crippen LogP contribution in [0.1, 0.15) is 24.2 Å². The van der Waals surface area contributed by atoms with E-state index in [1.807, 2.05) is 25.1 Å². The minimum absolute atomic E-state index is 0.0830. The Kier molecular flexibility index (Phi) is 4.00. The molecule has 9 heteroatoms. The monoisotopic (exact) mass is 338 g/mol.